The summed E-state index contributed by atoms with van der Waals surface area (Å²) in [6, 6.07) is 3.26. The molecule has 0 fully saturated rings. The number of anilines is 1. The second-order valence-electron chi connectivity index (χ2n) is 4.10. The van der Waals surface area contributed by atoms with Gasteiger partial charge < -0.3 is 5.32 Å². The average Bonchev–Trinajstić information content (AvgIpc) is 2.75. The van der Waals surface area contributed by atoms with Crippen molar-refractivity contribution in [3.63, 3.8) is 0 Å². The molecule has 0 spiro atoms. The molecule has 96 valence electrons. The van der Waals surface area contributed by atoms with E-state index >= 15 is 0 Å². The molecule has 7 heteroatoms. The maximum Gasteiger partial charge on any atom is 0.330 e. The molecule has 2 heterocycles. The predicted octanol–water partition coefficient (Wildman–Crippen LogP) is -0.570. The third kappa shape index (κ3) is 2.20. The molecule has 0 saturated carbocycles. The Morgan fingerprint density at radius 1 is 1.22 bits per heavy atom. The first-order valence-corrected chi connectivity index (χ1v) is 5.48. The summed E-state index contributed by atoms with van der Waals surface area (Å²) in [5.41, 5.74) is -0.0232. The van der Waals surface area contributed by atoms with Crippen LogP contribution >= 0.6 is 0 Å². The molecule has 0 radical (unpaired) electrons. The smallest absolute Gasteiger partial charge is 0.330 e. The Balaban J connectivity index is 2.25. The topological polar surface area (TPSA) is 73.8 Å². The Labute approximate surface area is 103 Å². The normalized spacial score (nSPS) is 10.6. The molecule has 0 aliphatic carbocycles. The molecule has 0 amide bonds. The predicted molar refractivity (Wildman–Crippen MR) is 67.5 cm³/mol. The van der Waals surface area contributed by atoms with Crippen LogP contribution in [0.2, 0.25) is 0 Å². The standard InChI is InChI=1S/C11H15N5O2/c1-14-5-4-9(13-14)12-7-8-6-10(17)16(3)11(18)15(8)2/h4-6H,7H2,1-3H3,(H,12,13). The van der Waals surface area contributed by atoms with E-state index in [1.807, 2.05) is 19.3 Å². The minimum atomic E-state index is -0.333. The zero-order chi connectivity index (χ0) is 13.3. The summed E-state index contributed by atoms with van der Waals surface area (Å²) >= 11 is 0. The first kappa shape index (κ1) is 12.2. The Bertz CT molecular complexity index is 679. The molecule has 2 aromatic heterocycles. The van der Waals surface area contributed by atoms with Gasteiger partial charge in [-0.15, -0.1) is 0 Å². The molecular weight excluding hydrogens is 234 g/mol. The van der Waals surface area contributed by atoms with Gasteiger partial charge in [-0.3, -0.25) is 18.6 Å². The minimum Gasteiger partial charge on any atom is -0.363 e. The second-order valence-corrected chi connectivity index (χ2v) is 4.10. The van der Waals surface area contributed by atoms with Gasteiger partial charge in [0.05, 0.1) is 6.54 Å². The Morgan fingerprint density at radius 2 is 1.94 bits per heavy atom. The summed E-state index contributed by atoms with van der Waals surface area (Å²) in [4.78, 5) is 23.2. The van der Waals surface area contributed by atoms with Crippen LogP contribution in [-0.2, 0) is 27.7 Å². The van der Waals surface area contributed by atoms with E-state index in [4.69, 9.17) is 0 Å². The highest BCUT2D eigenvalue weighted by molar-refractivity contribution is 5.32. The summed E-state index contributed by atoms with van der Waals surface area (Å²) in [6.45, 7) is 0.374. The molecule has 0 bridgehead atoms. The van der Waals surface area contributed by atoms with E-state index in [0.717, 1.165) is 4.57 Å². The molecular formula is C11H15N5O2. The highest BCUT2D eigenvalue weighted by Crippen LogP contribution is 2.03. The van der Waals surface area contributed by atoms with E-state index in [1.165, 1.54) is 17.7 Å². The van der Waals surface area contributed by atoms with Crippen LogP contribution in [0.15, 0.2) is 27.9 Å². The fourth-order valence-electron chi connectivity index (χ4n) is 1.64. The quantitative estimate of drug-likeness (QED) is 0.790. The van der Waals surface area contributed by atoms with Crippen molar-refractivity contribution in [1.82, 2.24) is 18.9 Å². The number of aryl methyl sites for hydroxylation is 1. The zero-order valence-electron chi connectivity index (χ0n) is 10.5. The molecule has 0 unspecified atom stereocenters. The van der Waals surface area contributed by atoms with Crippen molar-refractivity contribution in [2.75, 3.05) is 5.32 Å². The van der Waals surface area contributed by atoms with Gasteiger partial charge in [0.2, 0.25) is 0 Å². The number of nitrogens with zero attached hydrogens (tertiary/aromatic N) is 4. The van der Waals surface area contributed by atoms with E-state index in [2.05, 4.69) is 10.4 Å². The van der Waals surface area contributed by atoms with Crippen LogP contribution in [0.4, 0.5) is 5.82 Å². The first-order chi connectivity index (χ1) is 8.49. The van der Waals surface area contributed by atoms with Crippen LogP contribution in [0, 0.1) is 0 Å². The van der Waals surface area contributed by atoms with E-state index in [1.54, 1.807) is 11.7 Å². The largest absolute Gasteiger partial charge is 0.363 e. The van der Waals surface area contributed by atoms with Crippen molar-refractivity contribution in [3.8, 4) is 0 Å². The molecule has 0 saturated heterocycles. The van der Waals surface area contributed by atoms with Crippen molar-refractivity contribution < 1.29 is 0 Å². The number of nitrogens with one attached hydrogen (secondary N) is 1. The summed E-state index contributed by atoms with van der Waals surface area (Å²) < 4.78 is 4.19. The summed E-state index contributed by atoms with van der Waals surface area (Å²) in [5, 5.41) is 7.21. The number of aromatic nitrogens is 4. The highest BCUT2D eigenvalue weighted by Gasteiger charge is 2.06. The van der Waals surface area contributed by atoms with Gasteiger partial charge in [-0.25, -0.2) is 4.79 Å². The van der Waals surface area contributed by atoms with Gasteiger partial charge in [0.1, 0.15) is 5.82 Å². The third-order valence-corrected chi connectivity index (χ3v) is 2.79. The van der Waals surface area contributed by atoms with E-state index in [9.17, 15) is 9.59 Å². The Kier molecular flexibility index (Phi) is 3.05. The van der Waals surface area contributed by atoms with Crippen molar-refractivity contribution in [1.29, 1.82) is 0 Å². The van der Waals surface area contributed by atoms with Gasteiger partial charge in [0.15, 0.2) is 0 Å². The maximum absolute atomic E-state index is 11.7. The van der Waals surface area contributed by atoms with Crippen LogP contribution < -0.4 is 16.6 Å². The van der Waals surface area contributed by atoms with Crippen LogP contribution in [0.5, 0.6) is 0 Å². The van der Waals surface area contributed by atoms with Gasteiger partial charge in [0, 0.05) is 45.2 Å². The van der Waals surface area contributed by atoms with E-state index in [-0.39, 0.29) is 11.2 Å². The molecule has 18 heavy (non-hydrogen) atoms. The van der Waals surface area contributed by atoms with Crippen molar-refractivity contribution in [3.05, 3.63) is 44.9 Å². The van der Waals surface area contributed by atoms with Crippen LogP contribution in [0.3, 0.4) is 0 Å². The second kappa shape index (κ2) is 4.52. The van der Waals surface area contributed by atoms with Crippen molar-refractivity contribution >= 4 is 5.82 Å². The lowest BCUT2D eigenvalue weighted by molar-refractivity contribution is 0.654. The molecule has 7 nitrogen and oxygen atoms in total. The van der Waals surface area contributed by atoms with Gasteiger partial charge in [-0.1, -0.05) is 0 Å². The average molecular weight is 249 g/mol. The lowest BCUT2D eigenvalue weighted by Gasteiger charge is -2.09. The number of hydrogen-bond donors (Lipinski definition) is 1. The summed E-state index contributed by atoms with van der Waals surface area (Å²) in [5.74, 6) is 0.700. The molecule has 0 aliphatic heterocycles. The lowest BCUT2D eigenvalue weighted by Crippen LogP contribution is -2.38. The molecule has 2 rings (SSSR count). The summed E-state index contributed by atoms with van der Waals surface area (Å²) in [6.07, 6.45) is 1.81. The van der Waals surface area contributed by atoms with E-state index < -0.39 is 0 Å². The van der Waals surface area contributed by atoms with Crippen LogP contribution in [0.25, 0.3) is 0 Å². The first-order valence-electron chi connectivity index (χ1n) is 5.48. The molecule has 0 aromatic carbocycles. The molecule has 2 aromatic rings. The van der Waals surface area contributed by atoms with Crippen LogP contribution in [-0.4, -0.2) is 18.9 Å². The Morgan fingerprint density at radius 3 is 2.56 bits per heavy atom. The summed E-state index contributed by atoms with van der Waals surface area (Å²) in [7, 11) is 4.91. The molecule has 1 N–H and O–H groups in total. The van der Waals surface area contributed by atoms with Gasteiger partial charge in [-0.05, 0) is 0 Å². The molecule has 0 atom stereocenters. The third-order valence-electron chi connectivity index (χ3n) is 2.79. The monoisotopic (exact) mass is 249 g/mol. The zero-order valence-corrected chi connectivity index (χ0v) is 10.5. The van der Waals surface area contributed by atoms with Gasteiger partial charge in [-0.2, -0.15) is 5.10 Å². The number of hydrogen-bond acceptors (Lipinski definition) is 4. The van der Waals surface area contributed by atoms with Gasteiger partial charge >= 0.3 is 5.69 Å². The number of rotatable bonds is 3. The maximum atomic E-state index is 11.7. The van der Waals surface area contributed by atoms with Crippen LogP contribution in [0.1, 0.15) is 5.69 Å². The molecule has 0 aliphatic rings. The minimum absolute atomic E-state index is 0.309. The fraction of sp³-hybridized carbons (Fsp3) is 0.364. The van der Waals surface area contributed by atoms with Crippen molar-refractivity contribution in [2.45, 2.75) is 6.54 Å². The fourth-order valence-corrected chi connectivity index (χ4v) is 1.64. The SMILES string of the molecule is Cn1ccc(NCc2cc(=O)n(C)c(=O)n2C)n1. The van der Waals surface area contributed by atoms with E-state index in [0.29, 0.717) is 18.1 Å². The Hall–Kier alpha value is -2.31. The highest BCUT2D eigenvalue weighted by atomic mass is 16.2. The van der Waals surface area contributed by atoms with Crippen molar-refractivity contribution in [2.24, 2.45) is 21.1 Å². The van der Waals surface area contributed by atoms with Gasteiger partial charge in [0.25, 0.3) is 5.56 Å². The lowest BCUT2D eigenvalue weighted by atomic mass is 10.4.